The van der Waals surface area contributed by atoms with Gasteiger partial charge in [-0.15, -0.1) is 0 Å². The zero-order valence-corrected chi connectivity index (χ0v) is 8.79. The number of nitrogens with one attached hydrogen (secondary N) is 1. The van der Waals surface area contributed by atoms with Crippen molar-refractivity contribution >= 4 is 0 Å². The lowest BCUT2D eigenvalue weighted by atomic mass is 10.2. The van der Waals surface area contributed by atoms with Gasteiger partial charge in [0.1, 0.15) is 0 Å². The lowest BCUT2D eigenvalue weighted by Crippen LogP contribution is -2.38. The van der Waals surface area contributed by atoms with E-state index >= 15 is 0 Å². The quantitative estimate of drug-likeness (QED) is 0.654. The van der Waals surface area contributed by atoms with Crippen molar-refractivity contribution in [3.8, 4) is 0 Å². The van der Waals surface area contributed by atoms with Crippen LogP contribution in [-0.2, 0) is 0 Å². The minimum atomic E-state index is -0.157. The van der Waals surface area contributed by atoms with Gasteiger partial charge in [0.2, 0.25) is 0 Å². The van der Waals surface area contributed by atoms with Gasteiger partial charge in [0.05, 0.1) is 6.10 Å². The molecule has 1 saturated heterocycles. The predicted molar refractivity (Wildman–Crippen MR) is 54.8 cm³/mol. The molecule has 1 fully saturated rings. The highest BCUT2D eigenvalue weighted by Gasteiger charge is 2.23. The van der Waals surface area contributed by atoms with E-state index in [4.69, 9.17) is 0 Å². The van der Waals surface area contributed by atoms with Gasteiger partial charge in [-0.25, -0.2) is 0 Å². The van der Waals surface area contributed by atoms with E-state index in [1.807, 2.05) is 14.0 Å². The monoisotopic (exact) mass is 186 g/mol. The van der Waals surface area contributed by atoms with Gasteiger partial charge in [-0.2, -0.15) is 0 Å². The first-order valence-corrected chi connectivity index (χ1v) is 5.30. The third-order valence-corrected chi connectivity index (χ3v) is 2.77. The Morgan fingerprint density at radius 3 is 3.00 bits per heavy atom. The molecular formula is C10H22N2O. The topological polar surface area (TPSA) is 35.5 Å². The van der Waals surface area contributed by atoms with Gasteiger partial charge in [-0.05, 0) is 39.8 Å². The van der Waals surface area contributed by atoms with Gasteiger partial charge in [-0.3, -0.25) is 4.90 Å². The summed E-state index contributed by atoms with van der Waals surface area (Å²) in [7, 11) is 2.01. The molecule has 0 amide bonds. The third kappa shape index (κ3) is 3.63. The zero-order chi connectivity index (χ0) is 9.68. The largest absolute Gasteiger partial charge is 0.393 e. The maximum atomic E-state index is 9.19. The van der Waals surface area contributed by atoms with Gasteiger partial charge in [0.25, 0.3) is 0 Å². The summed E-state index contributed by atoms with van der Waals surface area (Å²) >= 11 is 0. The van der Waals surface area contributed by atoms with Crippen LogP contribution in [0.1, 0.15) is 26.2 Å². The summed E-state index contributed by atoms with van der Waals surface area (Å²) in [6, 6.07) is 0.698. The SMILES string of the molecule is CNCC1CCCN1CCC(C)O. The molecule has 2 atom stereocenters. The lowest BCUT2D eigenvalue weighted by Gasteiger charge is -2.24. The van der Waals surface area contributed by atoms with Crippen LogP contribution in [0.2, 0.25) is 0 Å². The molecule has 3 heteroatoms. The van der Waals surface area contributed by atoms with Crippen molar-refractivity contribution in [2.45, 2.75) is 38.3 Å². The molecule has 13 heavy (non-hydrogen) atoms. The highest BCUT2D eigenvalue weighted by Crippen LogP contribution is 2.16. The molecule has 2 unspecified atom stereocenters. The van der Waals surface area contributed by atoms with Crippen LogP contribution in [0.3, 0.4) is 0 Å². The smallest absolute Gasteiger partial charge is 0.0524 e. The van der Waals surface area contributed by atoms with E-state index in [-0.39, 0.29) is 6.10 Å². The van der Waals surface area contributed by atoms with Gasteiger partial charge in [0, 0.05) is 19.1 Å². The predicted octanol–water partition coefficient (Wildman–Crippen LogP) is 0.441. The van der Waals surface area contributed by atoms with Crippen molar-refractivity contribution in [3.05, 3.63) is 0 Å². The number of rotatable bonds is 5. The second-order valence-corrected chi connectivity index (χ2v) is 4.03. The molecule has 1 aliphatic heterocycles. The van der Waals surface area contributed by atoms with Crippen LogP contribution in [-0.4, -0.2) is 48.8 Å². The third-order valence-electron chi connectivity index (χ3n) is 2.77. The molecule has 0 aliphatic carbocycles. The average molecular weight is 186 g/mol. The lowest BCUT2D eigenvalue weighted by molar-refractivity contribution is 0.151. The average Bonchev–Trinajstić information content (AvgIpc) is 2.49. The Morgan fingerprint density at radius 1 is 1.62 bits per heavy atom. The zero-order valence-electron chi connectivity index (χ0n) is 8.79. The molecule has 0 aromatic rings. The Hall–Kier alpha value is -0.120. The Morgan fingerprint density at radius 2 is 2.38 bits per heavy atom. The van der Waals surface area contributed by atoms with E-state index < -0.39 is 0 Å². The van der Waals surface area contributed by atoms with Gasteiger partial charge in [0.15, 0.2) is 0 Å². The van der Waals surface area contributed by atoms with Gasteiger partial charge < -0.3 is 10.4 Å². The van der Waals surface area contributed by atoms with Gasteiger partial charge >= 0.3 is 0 Å². The molecule has 2 N–H and O–H groups in total. The molecule has 78 valence electrons. The molecule has 0 bridgehead atoms. The maximum absolute atomic E-state index is 9.19. The standard InChI is InChI=1S/C10H22N2O/c1-9(13)5-7-12-6-3-4-10(12)8-11-2/h9-11,13H,3-8H2,1-2H3. The maximum Gasteiger partial charge on any atom is 0.0524 e. The summed E-state index contributed by atoms with van der Waals surface area (Å²) in [4.78, 5) is 2.49. The Bertz CT molecular complexity index is 139. The van der Waals surface area contributed by atoms with E-state index in [1.165, 1.54) is 19.4 Å². The number of hydrogen-bond acceptors (Lipinski definition) is 3. The number of aliphatic hydroxyl groups excluding tert-OH is 1. The number of hydrogen-bond donors (Lipinski definition) is 2. The Kier molecular flexibility index (Phi) is 4.70. The van der Waals surface area contributed by atoms with Crippen LogP contribution < -0.4 is 5.32 Å². The van der Waals surface area contributed by atoms with Crippen LogP contribution >= 0.6 is 0 Å². The summed E-state index contributed by atoms with van der Waals surface area (Å²) in [5.74, 6) is 0. The number of aliphatic hydroxyl groups is 1. The fourth-order valence-electron chi connectivity index (χ4n) is 2.01. The fourth-order valence-corrected chi connectivity index (χ4v) is 2.01. The normalized spacial score (nSPS) is 26.5. The van der Waals surface area contributed by atoms with Crippen molar-refractivity contribution in [1.82, 2.24) is 10.2 Å². The molecule has 1 heterocycles. The number of likely N-dealkylation sites (N-methyl/N-ethyl adjacent to an activating group) is 1. The molecular weight excluding hydrogens is 164 g/mol. The van der Waals surface area contributed by atoms with E-state index in [9.17, 15) is 5.11 Å². The minimum absolute atomic E-state index is 0.157. The molecule has 0 spiro atoms. The fraction of sp³-hybridized carbons (Fsp3) is 1.00. The van der Waals surface area contributed by atoms with Crippen LogP contribution in [0.5, 0.6) is 0 Å². The first-order chi connectivity index (χ1) is 6.24. The van der Waals surface area contributed by atoms with Gasteiger partial charge in [-0.1, -0.05) is 0 Å². The second-order valence-electron chi connectivity index (χ2n) is 4.03. The van der Waals surface area contributed by atoms with Crippen LogP contribution in [0.25, 0.3) is 0 Å². The summed E-state index contributed by atoms with van der Waals surface area (Å²) in [5.41, 5.74) is 0. The van der Waals surface area contributed by atoms with Crippen LogP contribution in [0, 0.1) is 0 Å². The van der Waals surface area contributed by atoms with Crippen molar-refractivity contribution in [2.75, 3.05) is 26.7 Å². The van der Waals surface area contributed by atoms with Crippen molar-refractivity contribution in [2.24, 2.45) is 0 Å². The first-order valence-electron chi connectivity index (χ1n) is 5.30. The second kappa shape index (κ2) is 5.58. The summed E-state index contributed by atoms with van der Waals surface area (Å²) in [5, 5.41) is 12.4. The molecule has 1 rings (SSSR count). The summed E-state index contributed by atoms with van der Waals surface area (Å²) < 4.78 is 0. The molecule has 0 saturated carbocycles. The molecule has 0 aromatic heterocycles. The Balaban J connectivity index is 2.22. The highest BCUT2D eigenvalue weighted by atomic mass is 16.3. The molecule has 3 nitrogen and oxygen atoms in total. The summed E-state index contributed by atoms with van der Waals surface area (Å²) in [6.45, 7) is 5.20. The van der Waals surface area contributed by atoms with E-state index in [0.717, 1.165) is 19.5 Å². The van der Waals surface area contributed by atoms with Crippen molar-refractivity contribution in [3.63, 3.8) is 0 Å². The molecule has 0 aromatic carbocycles. The van der Waals surface area contributed by atoms with E-state index in [1.54, 1.807) is 0 Å². The Labute approximate surface area is 81.1 Å². The van der Waals surface area contributed by atoms with Crippen LogP contribution in [0.15, 0.2) is 0 Å². The number of nitrogens with zero attached hydrogens (tertiary/aromatic N) is 1. The van der Waals surface area contributed by atoms with E-state index in [0.29, 0.717) is 6.04 Å². The number of likely N-dealkylation sites (tertiary alicyclic amines) is 1. The van der Waals surface area contributed by atoms with Crippen molar-refractivity contribution in [1.29, 1.82) is 0 Å². The minimum Gasteiger partial charge on any atom is -0.393 e. The molecule has 0 radical (unpaired) electrons. The van der Waals surface area contributed by atoms with E-state index in [2.05, 4.69) is 10.2 Å². The molecule has 1 aliphatic rings. The summed E-state index contributed by atoms with van der Waals surface area (Å²) in [6.07, 6.45) is 3.36. The van der Waals surface area contributed by atoms with Crippen LogP contribution in [0.4, 0.5) is 0 Å². The highest BCUT2D eigenvalue weighted by molar-refractivity contribution is 4.80. The first kappa shape index (κ1) is 11.0. The van der Waals surface area contributed by atoms with Crippen molar-refractivity contribution < 1.29 is 5.11 Å².